The largest absolute Gasteiger partial charge is 0.360 e. The molecule has 3 rings (SSSR count). The van der Waals surface area contributed by atoms with Gasteiger partial charge in [0.1, 0.15) is 11.6 Å². The SMILES string of the molecule is CC1CC(C)CN(c2cc(N3CCCC3)nc(NC(=S)NC(C)C)n2)C1. The molecule has 2 atom stereocenters. The van der Waals surface area contributed by atoms with Crippen molar-refractivity contribution in [2.45, 2.75) is 53.0 Å². The summed E-state index contributed by atoms with van der Waals surface area (Å²) in [6.07, 6.45) is 3.74. The van der Waals surface area contributed by atoms with Crippen LogP contribution in [0.5, 0.6) is 0 Å². The van der Waals surface area contributed by atoms with Crippen molar-refractivity contribution in [2.75, 3.05) is 41.3 Å². The summed E-state index contributed by atoms with van der Waals surface area (Å²) in [5, 5.41) is 6.96. The van der Waals surface area contributed by atoms with Crippen LogP contribution in [0.2, 0.25) is 0 Å². The Morgan fingerprint density at radius 3 is 2.23 bits per heavy atom. The van der Waals surface area contributed by atoms with E-state index in [1.54, 1.807) is 0 Å². The van der Waals surface area contributed by atoms with Gasteiger partial charge in [0, 0.05) is 38.3 Å². The third kappa shape index (κ3) is 4.96. The maximum absolute atomic E-state index is 5.40. The average Bonchev–Trinajstić information content (AvgIpc) is 3.07. The Morgan fingerprint density at radius 1 is 1.08 bits per heavy atom. The van der Waals surface area contributed by atoms with E-state index in [0.717, 1.165) is 37.8 Å². The molecule has 144 valence electrons. The Labute approximate surface area is 162 Å². The van der Waals surface area contributed by atoms with E-state index in [1.807, 2.05) is 0 Å². The van der Waals surface area contributed by atoms with E-state index in [9.17, 15) is 0 Å². The number of aromatic nitrogens is 2. The number of nitrogens with zero attached hydrogens (tertiary/aromatic N) is 4. The smallest absolute Gasteiger partial charge is 0.232 e. The molecule has 26 heavy (non-hydrogen) atoms. The van der Waals surface area contributed by atoms with Crippen molar-refractivity contribution in [2.24, 2.45) is 11.8 Å². The topological polar surface area (TPSA) is 56.3 Å². The summed E-state index contributed by atoms with van der Waals surface area (Å²) in [5.74, 6) is 3.98. The monoisotopic (exact) mass is 376 g/mol. The highest BCUT2D eigenvalue weighted by Gasteiger charge is 2.25. The summed E-state index contributed by atoms with van der Waals surface area (Å²) < 4.78 is 0. The Balaban J connectivity index is 1.86. The lowest BCUT2D eigenvalue weighted by Crippen LogP contribution is -2.39. The van der Waals surface area contributed by atoms with Gasteiger partial charge in [0.2, 0.25) is 5.95 Å². The third-order valence-corrected chi connectivity index (χ3v) is 5.19. The van der Waals surface area contributed by atoms with Crippen molar-refractivity contribution >= 4 is 34.9 Å². The van der Waals surface area contributed by atoms with Gasteiger partial charge in [-0.2, -0.15) is 9.97 Å². The van der Waals surface area contributed by atoms with E-state index >= 15 is 0 Å². The predicted molar refractivity (Wildman–Crippen MR) is 113 cm³/mol. The first-order valence-electron chi connectivity index (χ1n) is 9.87. The second kappa shape index (κ2) is 8.37. The minimum atomic E-state index is 0.278. The number of hydrogen-bond acceptors (Lipinski definition) is 5. The minimum absolute atomic E-state index is 0.278. The van der Waals surface area contributed by atoms with Gasteiger partial charge in [0.25, 0.3) is 0 Å². The van der Waals surface area contributed by atoms with E-state index in [0.29, 0.717) is 22.9 Å². The fourth-order valence-electron chi connectivity index (χ4n) is 4.00. The van der Waals surface area contributed by atoms with Gasteiger partial charge in [0.15, 0.2) is 5.11 Å². The van der Waals surface area contributed by atoms with Gasteiger partial charge < -0.3 is 20.4 Å². The molecule has 2 unspecified atom stereocenters. The zero-order valence-corrected chi connectivity index (χ0v) is 17.3. The van der Waals surface area contributed by atoms with Crippen molar-refractivity contribution in [3.8, 4) is 0 Å². The summed E-state index contributed by atoms with van der Waals surface area (Å²) in [5.41, 5.74) is 0. The number of nitrogens with one attached hydrogen (secondary N) is 2. The van der Waals surface area contributed by atoms with E-state index < -0.39 is 0 Å². The van der Waals surface area contributed by atoms with Gasteiger partial charge in [-0.1, -0.05) is 13.8 Å². The van der Waals surface area contributed by atoms with Crippen molar-refractivity contribution in [3.05, 3.63) is 6.07 Å². The Kier molecular flexibility index (Phi) is 6.16. The molecular formula is C19H32N6S. The first kappa shape index (κ1) is 19.1. The number of thiocarbonyl (C=S) groups is 1. The Hall–Kier alpha value is -1.63. The molecule has 7 heteroatoms. The maximum atomic E-state index is 5.40. The van der Waals surface area contributed by atoms with E-state index in [4.69, 9.17) is 22.2 Å². The number of anilines is 3. The molecule has 0 aliphatic carbocycles. The van der Waals surface area contributed by atoms with Gasteiger partial charge in [0.05, 0.1) is 0 Å². The molecule has 0 amide bonds. The van der Waals surface area contributed by atoms with Gasteiger partial charge in [-0.3, -0.25) is 0 Å². The van der Waals surface area contributed by atoms with Crippen LogP contribution in [0.4, 0.5) is 17.6 Å². The van der Waals surface area contributed by atoms with Crippen LogP contribution >= 0.6 is 12.2 Å². The summed E-state index contributed by atoms with van der Waals surface area (Å²) in [6, 6.07) is 2.43. The standard InChI is InChI=1S/C19H32N6S/c1-13(2)20-19(26)23-18-21-16(24-7-5-6-8-24)10-17(22-18)25-11-14(3)9-15(4)12-25/h10,13-15H,5-9,11-12H2,1-4H3,(H2,20,21,22,23,26). The molecule has 0 spiro atoms. The summed E-state index contributed by atoms with van der Waals surface area (Å²) in [7, 11) is 0. The highest BCUT2D eigenvalue weighted by molar-refractivity contribution is 7.80. The Morgan fingerprint density at radius 2 is 1.65 bits per heavy atom. The highest BCUT2D eigenvalue weighted by Crippen LogP contribution is 2.29. The average molecular weight is 377 g/mol. The molecule has 0 saturated carbocycles. The molecule has 0 bridgehead atoms. The molecule has 2 fully saturated rings. The van der Waals surface area contributed by atoms with Crippen molar-refractivity contribution in [1.29, 1.82) is 0 Å². The highest BCUT2D eigenvalue weighted by atomic mass is 32.1. The lowest BCUT2D eigenvalue weighted by molar-refractivity contribution is 0.355. The van der Waals surface area contributed by atoms with E-state index in [1.165, 1.54) is 19.3 Å². The molecule has 0 aromatic carbocycles. The quantitative estimate of drug-likeness (QED) is 0.782. The summed E-state index contributed by atoms with van der Waals surface area (Å²) in [6.45, 7) is 13.0. The Bertz CT molecular complexity index is 618. The predicted octanol–water partition coefficient (Wildman–Crippen LogP) is 3.25. The van der Waals surface area contributed by atoms with Gasteiger partial charge in [-0.05, 0) is 57.2 Å². The molecule has 6 nitrogen and oxygen atoms in total. The molecule has 2 aliphatic heterocycles. The first-order chi connectivity index (χ1) is 12.4. The number of hydrogen-bond donors (Lipinski definition) is 2. The molecule has 2 N–H and O–H groups in total. The second-order valence-corrected chi connectivity index (χ2v) is 8.61. The van der Waals surface area contributed by atoms with Crippen LogP contribution in [0.3, 0.4) is 0 Å². The van der Waals surface area contributed by atoms with Crippen LogP contribution in [-0.4, -0.2) is 47.3 Å². The minimum Gasteiger partial charge on any atom is -0.360 e. The van der Waals surface area contributed by atoms with Gasteiger partial charge >= 0.3 is 0 Å². The lowest BCUT2D eigenvalue weighted by Gasteiger charge is -2.36. The third-order valence-electron chi connectivity index (χ3n) is 4.97. The van der Waals surface area contributed by atoms with Gasteiger partial charge in [-0.15, -0.1) is 0 Å². The van der Waals surface area contributed by atoms with Crippen molar-refractivity contribution in [3.63, 3.8) is 0 Å². The van der Waals surface area contributed by atoms with Crippen LogP contribution in [-0.2, 0) is 0 Å². The normalized spacial score (nSPS) is 23.4. The molecular weight excluding hydrogens is 344 g/mol. The summed E-state index contributed by atoms with van der Waals surface area (Å²) >= 11 is 5.40. The van der Waals surface area contributed by atoms with Crippen LogP contribution in [0.25, 0.3) is 0 Å². The molecule has 1 aromatic heterocycles. The fraction of sp³-hybridized carbons (Fsp3) is 0.737. The van der Waals surface area contributed by atoms with Crippen LogP contribution in [0.1, 0.15) is 47.0 Å². The lowest BCUT2D eigenvalue weighted by atomic mass is 9.92. The van der Waals surface area contributed by atoms with Crippen molar-refractivity contribution < 1.29 is 0 Å². The van der Waals surface area contributed by atoms with Gasteiger partial charge in [-0.25, -0.2) is 0 Å². The number of piperidine rings is 1. The molecule has 2 saturated heterocycles. The first-order valence-corrected chi connectivity index (χ1v) is 10.3. The molecule has 2 aliphatic rings. The molecule has 3 heterocycles. The van der Waals surface area contributed by atoms with E-state index in [2.05, 4.69) is 54.2 Å². The fourth-order valence-corrected chi connectivity index (χ4v) is 4.32. The maximum Gasteiger partial charge on any atom is 0.232 e. The zero-order valence-electron chi connectivity index (χ0n) is 16.5. The zero-order chi connectivity index (χ0) is 18.7. The van der Waals surface area contributed by atoms with Crippen LogP contribution in [0, 0.1) is 11.8 Å². The second-order valence-electron chi connectivity index (χ2n) is 8.21. The van der Waals surface area contributed by atoms with Crippen LogP contribution in [0.15, 0.2) is 6.07 Å². The molecule has 1 aromatic rings. The van der Waals surface area contributed by atoms with Crippen molar-refractivity contribution in [1.82, 2.24) is 15.3 Å². The van der Waals surface area contributed by atoms with E-state index in [-0.39, 0.29) is 6.04 Å². The number of rotatable bonds is 4. The molecule has 0 radical (unpaired) electrons. The summed E-state index contributed by atoms with van der Waals surface area (Å²) in [4.78, 5) is 14.3. The van der Waals surface area contributed by atoms with Crippen LogP contribution < -0.4 is 20.4 Å².